The Hall–Kier alpha value is -2.24. The summed E-state index contributed by atoms with van der Waals surface area (Å²) in [5.74, 6) is 0.571. The maximum Gasteiger partial charge on any atom is 0.227 e. The smallest absolute Gasteiger partial charge is 0.227 e. The van der Waals surface area contributed by atoms with Crippen molar-refractivity contribution in [2.75, 3.05) is 13.6 Å². The first kappa shape index (κ1) is 16.1. The lowest BCUT2D eigenvalue weighted by molar-refractivity contribution is -0.130. The molecule has 0 radical (unpaired) electrons. The molecule has 0 saturated heterocycles. The van der Waals surface area contributed by atoms with Crippen LogP contribution in [0.25, 0.3) is 11.4 Å². The molecule has 1 heterocycles. The average Bonchev–Trinajstić information content (AvgIpc) is 2.99. The van der Waals surface area contributed by atoms with Crippen molar-refractivity contribution in [3.63, 3.8) is 0 Å². The summed E-state index contributed by atoms with van der Waals surface area (Å²) in [6, 6.07) is 5.87. The van der Waals surface area contributed by atoms with Crippen LogP contribution in [0, 0.1) is 5.82 Å². The van der Waals surface area contributed by atoms with Gasteiger partial charge in [-0.2, -0.15) is 4.98 Å². The van der Waals surface area contributed by atoms with Gasteiger partial charge in [0, 0.05) is 32.0 Å². The van der Waals surface area contributed by atoms with Crippen LogP contribution in [0.5, 0.6) is 0 Å². The maximum absolute atomic E-state index is 12.9. The summed E-state index contributed by atoms with van der Waals surface area (Å²) in [7, 11) is 1.80. The second kappa shape index (κ2) is 7.68. The van der Waals surface area contributed by atoms with Crippen LogP contribution >= 0.6 is 0 Å². The molecule has 0 aliphatic heterocycles. The number of amides is 1. The number of hydrogen-bond donors (Lipinski definition) is 0. The van der Waals surface area contributed by atoms with Crippen LogP contribution < -0.4 is 0 Å². The molecule has 6 heteroatoms. The number of halogens is 1. The largest absolute Gasteiger partial charge is 0.346 e. The highest BCUT2D eigenvalue weighted by molar-refractivity contribution is 5.76. The highest BCUT2D eigenvalue weighted by Crippen LogP contribution is 2.16. The van der Waals surface area contributed by atoms with E-state index in [1.807, 2.05) is 0 Å². The van der Waals surface area contributed by atoms with E-state index in [0.717, 1.165) is 19.4 Å². The quantitative estimate of drug-likeness (QED) is 0.789. The molecule has 0 saturated carbocycles. The topological polar surface area (TPSA) is 59.2 Å². The minimum Gasteiger partial charge on any atom is -0.346 e. The Bertz CT molecular complexity index is 610. The Morgan fingerprint density at radius 3 is 2.73 bits per heavy atom. The first-order valence-electron chi connectivity index (χ1n) is 7.42. The van der Waals surface area contributed by atoms with Gasteiger partial charge in [-0.25, -0.2) is 4.39 Å². The van der Waals surface area contributed by atoms with Gasteiger partial charge >= 0.3 is 0 Å². The van der Waals surface area contributed by atoms with E-state index in [2.05, 4.69) is 17.1 Å². The first-order chi connectivity index (χ1) is 10.6. The molecule has 118 valence electrons. The van der Waals surface area contributed by atoms with E-state index < -0.39 is 0 Å². The predicted molar refractivity (Wildman–Crippen MR) is 80.6 cm³/mol. The van der Waals surface area contributed by atoms with Crippen LogP contribution in [0.3, 0.4) is 0 Å². The third kappa shape index (κ3) is 4.38. The zero-order valence-electron chi connectivity index (χ0n) is 12.9. The van der Waals surface area contributed by atoms with Crippen LogP contribution in [-0.2, 0) is 11.2 Å². The predicted octanol–water partition coefficient (Wildman–Crippen LogP) is 3.07. The number of nitrogens with zero attached hydrogens (tertiary/aromatic N) is 3. The summed E-state index contributed by atoms with van der Waals surface area (Å²) in [5, 5.41) is 3.86. The molecule has 1 aromatic carbocycles. The lowest BCUT2D eigenvalue weighted by Crippen LogP contribution is -2.27. The SMILES string of the molecule is CCCCN(C)C(=O)CCc1nc(-c2ccc(F)cc2)no1. The highest BCUT2D eigenvalue weighted by atomic mass is 19.1. The number of unbranched alkanes of at least 4 members (excludes halogenated alkanes) is 1. The van der Waals surface area contributed by atoms with Crippen molar-refractivity contribution in [2.24, 2.45) is 0 Å². The zero-order chi connectivity index (χ0) is 15.9. The molecule has 0 unspecified atom stereocenters. The monoisotopic (exact) mass is 305 g/mol. The summed E-state index contributed by atoms with van der Waals surface area (Å²) in [6.07, 6.45) is 2.80. The molecule has 0 fully saturated rings. The lowest BCUT2D eigenvalue weighted by atomic mass is 10.2. The summed E-state index contributed by atoms with van der Waals surface area (Å²) >= 11 is 0. The molecule has 0 aliphatic rings. The molecule has 2 aromatic rings. The Morgan fingerprint density at radius 2 is 2.05 bits per heavy atom. The van der Waals surface area contributed by atoms with Crippen LogP contribution in [0.1, 0.15) is 32.1 Å². The summed E-state index contributed by atoms with van der Waals surface area (Å²) < 4.78 is 18.0. The first-order valence-corrected chi connectivity index (χ1v) is 7.42. The Balaban J connectivity index is 1.89. The van der Waals surface area contributed by atoms with E-state index in [9.17, 15) is 9.18 Å². The Morgan fingerprint density at radius 1 is 1.32 bits per heavy atom. The maximum atomic E-state index is 12.9. The van der Waals surface area contributed by atoms with E-state index in [-0.39, 0.29) is 11.7 Å². The molecule has 0 N–H and O–H groups in total. The highest BCUT2D eigenvalue weighted by Gasteiger charge is 2.13. The fourth-order valence-electron chi connectivity index (χ4n) is 2.00. The second-order valence-corrected chi connectivity index (χ2v) is 5.19. The second-order valence-electron chi connectivity index (χ2n) is 5.19. The molecule has 1 amide bonds. The van der Waals surface area contributed by atoms with Gasteiger partial charge in [0.25, 0.3) is 0 Å². The van der Waals surface area contributed by atoms with Crippen LogP contribution in [-0.4, -0.2) is 34.5 Å². The number of rotatable bonds is 7. The van der Waals surface area contributed by atoms with E-state index in [1.54, 1.807) is 24.1 Å². The van der Waals surface area contributed by atoms with Gasteiger partial charge in [0.2, 0.25) is 17.6 Å². The van der Waals surface area contributed by atoms with Gasteiger partial charge in [0.1, 0.15) is 5.82 Å². The van der Waals surface area contributed by atoms with Crippen molar-refractivity contribution in [3.8, 4) is 11.4 Å². The number of carbonyl (C=O) groups excluding carboxylic acids is 1. The van der Waals surface area contributed by atoms with Crippen molar-refractivity contribution in [1.29, 1.82) is 0 Å². The molecular weight excluding hydrogens is 285 g/mol. The Kier molecular flexibility index (Phi) is 5.63. The number of carbonyl (C=O) groups is 1. The Labute approximate surface area is 129 Å². The van der Waals surface area contributed by atoms with Gasteiger partial charge < -0.3 is 9.42 Å². The molecule has 0 bridgehead atoms. The van der Waals surface area contributed by atoms with Gasteiger partial charge in [0.05, 0.1) is 0 Å². The van der Waals surface area contributed by atoms with Gasteiger partial charge in [-0.1, -0.05) is 18.5 Å². The molecule has 0 aliphatic carbocycles. The molecule has 1 aromatic heterocycles. The summed E-state index contributed by atoms with van der Waals surface area (Å²) in [4.78, 5) is 17.9. The lowest BCUT2D eigenvalue weighted by Gasteiger charge is -2.15. The minimum atomic E-state index is -0.312. The fraction of sp³-hybridized carbons (Fsp3) is 0.438. The van der Waals surface area contributed by atoms with E-state index in [1.165, 1.54) is 12.1 Å². The van der Waals surface area contributed by atoms with Crippen LogP contribution in [0.15, 0.2) is 28.8 Å². The van der Waals surface area contributed by atoms with Crippen molar-refractivity contribution in [2.45, 2.75) is 32.6 Å². The zero-order valence-corrected chi connectivity index (χ0v) is 12.9. The number of aryl methyl sites for hydroxylation is 1. The molecule has 22 heavy (non-hydrogen) atoms. The summed E-state index contributed by atoms with van der Waals surface area (Å²) in [5.41, 5.74) is 0.683. The van der Waals surface area contributed by atoms with Gasteiger partial charge in [-0.05, 0) is 30.7 Å². The third-order valence-corrected chi connectivity index (χ3v) is 3.40. The molecule has 2 rings (SSSR count). The van der Waals surface area contributed by atoms with Gasteiger partial charge in [-0.3, -0.25) is 4.79 Å². The average molecular weight is 305 g/mol. The molecular formula is C16H20FN3O2. The molecule has 0 atom stereocenters. The minimum absolute atomic E-state index is 0.0648. The molecule has 5 nitrogen and oxygen atoms in total. The van der Waals surface area contributed by atoms with Crippen molar-refractivity contribution in [1.82, 2.24) is 15.0 Å². The van der Waals surface area contributed by atoms with Gasteiger partial charge in [0.15, 0.2) is 0 Å². The number of aromatic nitrogens is 2. The van der Waals surface area contributed by atoms with Crippen molar-refractivity contribution >= 4 is 5.91 Å². The number of benzene rings is 1. The van der Waals surface area contributed by atoms with Crippen molar-refractivity contribution < 1.29 is 13.7 Å². The van der Waals surface area contributed by atoms with Crippen LogP contribution in [0.2, 0.25) is 0 Å². The van der Waals surface area contributed by atoms with E-state index in [0.29, 0.717) is 30.1 Å². The summed E-state index contributed by atoms with van der Waals surface area (Å²) in [6.45, 7) is 2.85. The third-order valence-electron chi connectivity index (χ3n) is 3.40. The molecule has 0 spiro atoms. The van der Waals surface area contributed by atoms with E-state index in [4.69, 9.17) is 4.52 Å². The number of hydrogen-bond acceptors (Lipinski definition) is 4. The van der Waals surface area contributed by atoms with E-state index >= 15 is 0 Å². The normalized spacial score (nSPS) is 10.7. The standard InChI is InChI=1S/C16H20FN3O2/c1-3-4-11-20(2)15(21)10-9-14-18-16(19-22-14)12-5-7-13(17)8-6-12/h5-8H,3-4,9-11H2,1-2H3. The van der Waals surface area contributed by atoms with Gasteiger partial charge in [-0.15, -0.1) is 0 Å². The van der Waals surface area contributed by atoms with Crippen LogP contribution in [0.4, 0.5) is 4.39 Å². The van der Waals surface area contributed by atoms with Crippen molar-refractivity contribution in [3.05, 3.63) is 36.0 Å². The fourth-order valence-corrected chi connectivity index (χ4v) is 2.00.